The van der Waals surface area contributed by atoms with E-state index in [1.54, 1.807) is 24.3 Å². The van der Waals surface area contributed by atoms with E-state index in [4.69, 9.17) is 4.42 Å². The summed E-state index contributed by atoms with van der Waals surface area (Å²) in [6, 6.07) is 29.9. The summed E-state index contributed by atoms with van der Waals surface area (Å²) in [5, 5.41) is 9.82. The summed E-state index contributed by atoms with van der Waals surface area (Å²) >= 11 is 0. The Labute approximate surface area is 235 Å². The van der Waals surface area contributed by atoms with E-state index in [0.29, 0.717) is 43.5 Å². The number of nitriles is 1. The fraction of sp³-hybridized carbons (Fsp3) is 0.290. The molecule has 9 heteroatoms. The highest BCUT2D eigenvalue weighted by Crippen LogP contribution is 2.33. The molecule has 0 saturated carbocycles. The van der Waals surface area contributed by atoms with Crippen LogP contribution < -0.4 is 4.90 Å². The van der Waals surface area contributed by atoms with Crippen LogP contribution in [0.5, 0.6) is 0 Å². The van der Waals surface area contributed by atoms with E-state index in [-0.39, 0.29) is 16.6 Å². The molecule has 4 aromatic rings. The monoisotopic (exact) mass is 553 g/mol. The van der Waals surface area contributed by atoms with Crippen LogP contribution in [0.4, 0.5) is 5.88 Å². The summed E-state index contributed by atoms with van der Waals surface area (Å²) in [7, 11) is -3.50. The van der Waals surface area contributed by atoms with Gasteiger partial charge < -0.3 is 9.32 Å². The van der Waals surface area contributed by atoms with E-state index >= 15 is 0 Å². The molecule has 0 radical (unpaired) electrons. The minimum atomic E-state index is -3.50. The minimum absolute atomic E-state index is 0.139. The molecule has 3 heterocycles. The molecule has 0 unspecified atom stereocenters. The molecule has 2 fully saturated rings. The number of oxazole rings is 1. The van der Waals surface area contributed by atoms with Gasteiger partial charge in [-0.1, -0.05) is 60.7 Å². The number of benzene rings is 3. The van der Waals surface area contributed by atoms with Gasteiger partial charge in [-0.2, -0.15) is 14.6 Å². The molecule has 40 heavy (non-hydrogen) atoms. The van der Waals surface area contributed by atoms with Crippen molar-refractivity contribution in [3.8, 4) is 17.5 Å². The zero-order chi connectivity index (χ0) is 27.5. The summed E-state index contributed by atoms with van der Waals surface area (Å²) in [5.74, 6) is 0.771. The third-order valence-corrected chi connectivity index (χ3v) is 9.63. The Kier molecular flexibility index (Phi) is 7.39. The van der Waals surface area contributed by atoms with Crippen molar-refractivity contribution < 1.29 is 12.8 Å². The second-order valence-corrected chi connectivity index (χ2v) is 12.1. The first-order valence-electron chi connectivity index (χ1n) is 13.6. The Morgan fingerprint density at radius 1 is 0.775 bits per heavy atom. The van der Waals surface area contributed by atoms with Gasteiger partial charge in [0, 0.05) is 44.8 Å². The SMILES string of the molecule is N#Cc1nc(-c2ccc(S(=O)(=O)N3CCCC3)cc2)oc1N1CCN(C(c2ccccc2)c2ccccc2)CC1. The molecule has 8 nitrogen and oxygen atoms in total. The van der Waals surface area contributed by atoms with Crippen molar-refractivity contribution >= 4 is 15.9 Å². The quantitative estimate of drug-likeness (QED) is 0.321. The van der Waals surface area contributed by atoms with Crippen LogP contribution in [-0.2, 0) is 10.0 Å². The minimum Gasteiger partial charge on any atom is -0.419 e. The second kappa shape index (κ2) is 11.3. The van der Waals surface area contributed by atoms with Gasteiger partial charge in [0.25, 0.3) is 0 Å². The number of aromatic nitrogens is 1. The maximum absolute atomic E-state index is 12.9. The maximum atomic E-state index is 12.9. The highest BCUT2D eigenvalue weighted by Gasteiger charge is 2.30. The van der Waals surface area contributed by atoms with Crippen molar-refractivity contribution in [1.82, 2.24) is 14.2 Å². The van der Waals surface area contributed by atoms with Gasteiger partial charge in [0.2, 0.25) is 27.5 Å². The smallest absolute Gasteiger partial charge is 0.243 e. The molecule has 2 aliphatic heterocycles. The Morgan fingerprint density at radius 2 is 1.35 bits per heavy atom. The summed E-state index contributed by atoms with van der Waals surface area (Å²) < 4.78 is 33.4. The number of hydrogen-bond acceptors (Lipinski definition) is 7. The summed E-state index contributed by atoms with van der Waals surface area (Å²) in [4.78, 5) is 9.24. The predicted molar refractivity (Wildman–Crippen MR) is 153 cm³/mol. The zero-order valence-corrected chi connectivity index (χ0v) is 23.0. The van der Waals surface area contributed by atoms with E-state index < -0.39 is 10.0 Å². The van der Waals surface area contributed by atoms with Crippen LogP contribution in [0.2, 0.25) is 0 Å². The molecule has 204 valence electrons. The highest BCUT2D eigenvalue weighted by molar-refractivity contribution is 7.89. The predicted octanol–water partition coefficient (Wildman–Crippen LogP) is 4.91. The van der Waals surface area contributed by atoms with Crippen molar-refractivity contribution in [3.63, 3.8) is 0 Å². The van der Waals surface area contributed by atoms with E-state index in [0.717, 1.165) is 25.9 Å². The van der Waals surface area contributed by atoms with E-state index in [9.17, 15) is 13.7 Å². The molecule has 0 N–H and O–H groups in total. The molecule has 3 aromatic carbocycles. The lowest BCUT2D eigenvalue weighted by atomic mass is 9.96. The summed E-state index contributed by atoms with van der Waals surface area (Å²) in [6.07, 6.45) is 1.78. The van der Waals surface area contributed by atoms with Crippen LogP contribution >= 0.6 is 0 Å². The van der Waals surface area contributed by atoms with Gasteiger partial charge in [0.15, 0.2) is 0 Å². The largest absolute Gasteiger partial charge is 0.419 e. The molecular formula is C31H31N5O3S. The molecule has 0 bridgehead atoms. The second-order valence-electron chi connectivity index (χ2n) is 10.2. The van der Waals surface area contributed by atoms with Crippen LogP contribution in [0.1, 0.15) is 35.7 Å². The third-order valence-electron chi connectivity index (χ3n) is 7.72. The van der Waals surface area contributed by atoms with Gasteiger partial charge in [-0.25, -0.2) is 8.42 Å². The normalized spacial score (nSPS) is 16.9. The molecular weight excluding hydrogens is 522 g/mol. The number of rotatable bonds is 7. The number of nitrogens with zero attached hydrogens (tertiary/aromatic N) is 5. The zero-order valence-electron chi connectivity index (χ0n) is 22.2. The number of anilines is 1. The average Bonchev–Trinajstić information content (AvgIpc) is 3.71. The number of piperazine rings is 1. The summed E-state index contributed by atoms with van der Waals surface area (Å²) in [6.45, 7) is 4.07. The van der Waals surface area contributed by atoms with Gasteiger partial charge in [0.1, 0.15) is 6.07 Å². The van der Waals surface area contributed by atoms with Crippen LogP contribution in [0, 0.1) is 11.3 Å². The molecule has 1 aromatic heterocycles. The topological polar surface area (TPSA) is 93.7 Å². The van der Waals surface area contributed by atoms with Gasteiger partial charge >= 0.3 is 0 Å². The van der Waals surface area contributed by atoms with Crippen molar-refractivity contribution in [2.45, 2.75) is 23.8 Å². The Morgan fingerprint density at radius 3 is 1.90 bits per heavy atom. The molecule has 0 amide bonds. The third kappa shape index (κ3) is 5.13. The molecule has 6 rings (SSSR count). The van der Waals surface area contributed by atoms with E-state index in [2.05, 4.69) is 69.4 Å². The Bertz CT molecular complexity index is 1540. The van der Waals surface area contributed by atoms with Crippen LogP contribution in [0.3, 0.4) is 0 Å². The van der Waals surface area contributed by atoms with Crippen molar-refractivity contribution in [1.29, 1.82) is 5.26 Å². The molecule has 0 atom stereocenters. The van der Waals surface area contributed by atoms with Gasteiger partial charge in [-0.05, 0) is 48.2 Å². The standard InChI is InChI=1S/C31H31N5O3S/c32-23-28-31(39-30(33-28)26-13-15-27(16-14-26)40(37,38)36-17-7-8-18-36)35-21-19-34(20-22-35)29(24-9-3-1-4-10-24)25-11-5-2-6-12-25/h1-6,9-16,29H,7-8,17-22H2. The van der Waals surface area contributed by atoms with Crippen molar-refractivity contribution in [2.24, 2.45) is 0 Å². The Balaban J connectivity index is 1.20. The van der Waals surface area contributed by atoms with E-state index in [1.165, 1.54) is 15.4 Å². The molecule has 0 spiro atoms. The number of sulfonamides is 1. The lowest BCUT2D eigenvalue weighted by Crippen LogP contribution is -2.48. The van der Waals surface area contributed by atoms with Crippen molar-refractivity contribution in [3.05, 3.63) is 102 Å². The average molecular weight is 554 g/mol. The number of hydrogen-bond donors (Lipinski definition) is 0. The first-order valence-corrected chi connectivity index (χ1v) is 15.1. The first kappa shape index (κ1) is 26.3. The Hall–Kier alpha value is -3.97. The van der Waals surface area contributed by atoms with Gasteiger partial charge in [-0.3, -0.25) is 4.90 Å². The highest BCUT2D eigenvalue weighted by atomic mass is 32.2. The van der Waals surface area contributed by atoms with Gasteiger partial charge in [0.05, 0.1) is 10.9 Å². The van der Waals surface area contributed by atoms with Crippen molar-refractivity contribution in [2.75, 3.05) is 44.2 Å². The fourth-order valence-corrected chi connectivity index (χ4v) is 7.15. The molecule has 2 saturated heterocycles. The van der Waals surface area contributed by atoms with Crippen LogP contribution in [0.15, 0.2) is 94.2 Å². The molecule has 2 aliphatic rings. The molecule has 0 aliphatic carbocycles. The maximum Gasteiger partial charge on any atom is 0.243 e. The van der Waals surface area contributed by atoms with E-state index in [1.807, 2.05) is 12.1 Å². The lowest BCUT2D eigenvalue weighted by molar-refractivity contribution is 0.209. The van der Waals surface area contributed by atoms with Crippen LogP contribution in [0.25, 0.3) is 11.5 Å². The lowest BCUT2D eigenvalue weighted by Gasteiger charge is -2.39. The fourth-order valence-electron chi connectivity index (χ4n) is 5.64. The summed E-state index contributed by atoms with van der Waals surface area (Å²) in [5.41, 5.74) is 3.36. The first-order chi connectivity index (χ1) is 19.5. The van der Waals surface area contributed by atoms with Gasteiger partial charge in [-0.15, -0.1) is 0 Å². The van der Waals surface area contributed by atoms with Crippen LogP contribution in [-0.4, -0.2) is 61.9 Å².